The number of hydrogen-bond acceptors (Lipinski definition) is 7. The molecule has 1 amide bonds. The number of piperazine rings is 1. The second-order valence-corrected chi connectivity index (χ2v) is 6.07. The standard InChI is InChI=1S/C17H23N7O/c1-3-13(2)22-16(25)14-11-21-15(12-20-14)23-7-9-24(10-8-23)17-18-5-4-6-19-17/h4-6,11-13H,3,7-10H2,1-2H3,(H,22,25). The van der Waals surface area contributed by atoms with Gasteiger partial charge in [-0.25, -0.2) is 19.9 Å². The summed E-state index contributed by atoms with van der Waals surface area (Å²) in [6.45, 7) is 7.26. The third-order valence-corrected chi connectivity index (χ3v) is 4.30. The summed E-state index contributed by atoms with van der Waals surface area (Å²) in [5.74, 6) is 1.36. The second-order valence-electron chi connectivity index (χ2n) is 6.07. The summed E-state index contributed by atoms with van der Waals surface area (Å²) < 4.78 is 0. The van der Waals surface area contributed by atoms with Gasteiger partial charge in [0, 0.05) is 44.6 Å². The zero-order valence-electron chi connectivity index (χ0n) is 14.6. The van der Waals surface area contributed by atoms with Crippen LogP contribution in [0.2, 0.25) is 0 Å². The molecule has 0 saturated carbocycles. The maximum absolute atomic E-state index is 12.1. The number of amides is 1. The predicted octanol–water partition coefficient (Wildman–Crippen LogP) is 1.12. The Morgan fingerprint density at radius 2 is 1.76 bits per heavy atom. The predicted molar refractivity (Wildman–Crippen MR) is 95.7 cm³/mol. The molecule has 0 aliphatic carbocycles. The Hall–Kier alpha value is -2.77. The van der Waals surface area contributed by atoms with E-state index in [-0.39, 0.29) is 11.9 Å². The largest absolute Gasteiger partial charge is 0.352 e. The molecule has 3 rings (SSSR count). The second kappa shape index (κ2) is 7.87. The molecule has 0 radical (unpaired) electrons. The Morgan fingerprint density at radius 1 is 1.08 bits per heavy atom. The average Bonchev–Trinajstić information content (AvgIpc) is 2.69. The average molecular weight is 341 g/mol. The molecule has 1 saturated heterocycles. The molecule has 25 heavy (non-hydrogen) atoms. The SMILES string of the molecule is CCC(C)NC(=O)c1cnc(N2CCN(c3ncccn3)CC2)cn1. The topological polar surface area (TPSA) is 87.1 Å². The van der Waals surface area contributed by atoms with Crippen molar-refractivity contribution >= 4 is 17.7 Å². The first kappa shape index (κ1) is 17.1. The fraction of sp³-hybridized carbons (Fsp3) is 0.471. The minimum absolute atomic E-state index is 0.127. The summed E-state index contributed by atoms with van der Waals surface area (Å²) >= 11 is 0. The summed E-state index contributed by atoms with van der Waals surface area (Å²) in [6, 6.07) is 1.94. The van der Waals surface area contributed by atoms with Crippen molar-refractivity contribution in [2.24, 2.45) is 0 Å². The summed E-state index contributed by atoms with van der Waals surface area (Å²) in [6.07, 6.45) is 7.60. The van der Waals surface area contributed by atoms with Gasteiger partial charge in [-0.2, -0.15) is 0 Å². The molecule has 2 aromatic rings. The van der Waals surface area contributed by atoms with Crippen LogP contribution in [0.15, 0.2) is 30.9 Å². The van der Waals surface area contributed by atoms with Crippen LogP contribution in [0.4, 0.5) is 11.8 Å². The lowest BCUT2D eigenvalue weighted by Crippen LogP contribution is -2.47. The molecule has 132 valence electrons. The molecule has 1 fully saturated rings. The molecule has 1 aliphatic rings. The molecule has 8 heteroatoms. The van der Waals surface area contributed by atoms with Crippen molar-refractivity contribution in [1.29, 1.82) is 0 Å². The fourth-order valence-electron chi connectivity index (χ4n) is 2.59. The van der Waals surface area contributed by atoms with Crippen molar-refractivity contribution in [2.45, 2.75) is 26.3 Å². The molecule has 1 N–H and O–H groups in total. The zero-order chi connectivity index (χ0) is 17.6. The smallest absolute Gasteiger partial charge is 0.271 e. The first-order valence-corrected chi connectivity index (χ1v) is 8.57. The Kier molecular flexibility index (Phi) is 5.37. The van der Waals surface area contributed by atoms with Crippen LogP contribution in [0, 0.1) is 0 Å². The number of nitrogens with zero attached hydrogens (tertiary/aromatic N) is 6. The first-order valence-electron chi connectivity index (χ1n) is 8.57. The van der Waals surface area contributed by atoms with E-state index in [2.05, 4.69) is 35.1 Å². The van der Waals surface area contributed by atoms with Crippen LogP contribution in [0.5, 0.6) is 0 Å². The van der Waals surface area contributed by atoms with Gasteiger partial charge in [0.25, 0.3) is 5.91 Å². The third kappa shape index (κ3) is 4.20. The fourth-order valence-corrected chi connectivity index (χ4v) is 2.59. The van der Waals surface area contributed by atoms with Crippen molar-refractivity contribution in [1.82, 2.24) is 25.3 Å². The molecule has 1 aliphatic heterocycles. The van der Waals surface area contributed by atoms with Crippen LogP contribution in [0.3, 0.4) is 0 Å². The number of carbonyl (C=O) groups is 1. The number of carbonyl (C=O) groups excluding carboxylic acids is 1. The third-order valence-electron chi connectivity index (χ3n) is 4.30. The van der Waals surface area contributed by atoms with Gasteiger partial charge in [-0.3, -0.25) is 4.79 Å². The van der Waals surface area contributed by atoms with Gasteiger partial charge >= 0.3 is 0 Å². The lowest BCUT2D eigenvalue weighted by atomic mass is 10.2. The highest BCUT2D eigenvalue weighted by Gasteiger charge is 2.20. The Morgan fingerprint density at radius 3 is 2.36 bits per heavy atom. The van der Waals surface area contributed by atoms with Crippen molar-refractivity contribution in [3.05, 3.63) is 36.5 Å². The van der Waals surface area contributed by atoms with Crippen LogP contribution >= 0.6 is 0 Å². The van der Waals surface area contributed by atoms with E-state index in [1.165, 1.54) is 0 Å². The summed E-state index contributed by atoms with van der Waals surface area (Å²) in [7, 11) is 0. The molecule has 2 aromatic heterocycles. The zero-order valence-corrected chi connectivity index (χ0v) is 14.6. The highest BCUT2D eigenvalue weighted by molar-refractivity contribution is 5.92. The summed E-state index contributed by atoms with van der Waals surface area (Å²) in [5.41, 5.74) is 0.348. The number of rotatable bonds is 5. The van der Waals surface area contributed by atoms with E-state index in [4.69, 9.17) is 0 Å². The molecule has 0 bridgehead atoms. The molecule has 0 aromatic carbocycles. The highest BCUT2D eigenvalue weighted by atomic mass is 16.1. The van der Waals surface area contributed by atoms with Crippen LogP contribution in [0.25, 0.3) is 0 Å². The molecule has 1 unspecified atom stereocenters. The van der Waals surface area contributed by atoms with Gasteiger partial charge in [0.15, 0.2) is 0 Å². The van der Waals surface area contributed by atoms with Crippen LogP contribution in [-0.4, -0.2) is 58.1 Å². The van der Waals surface area contributed by atoms with Gasteiger partial charge in [0.1, 0.15) is 11.5 Å². The molecule has 8 nitrogen and oxygen atoms in total. The van der Waals surface area contributed by atoms with E-state index in [0.29, 0.717) is 5.69 Å². The van der Waals surface area contributed by atoms with E-state index < -0.39 is 0 Å². The molecular weight excluding hydrogens is 318 g/mol. The van der Waals surface area contributed by atoms with Crippen LogP contribution < -0.4 is 15.1 Å². The Bertz CT molecular complexity index is 684. The molecular formula is C17H23N7O. The molecule has 1 atom stereocenters. The normalized spacial score (nSPS) is 15.8. The van der Waals surface area contributed by atoms with Crippen LogP contribution in [0.1, 0.15) is 30.8 Å². The summed E-state index contributed by atoms with van der Waals surface area (Å²) in [4.78, 5) is 33.6. The monoisotopic (exact) mass is 341 g/mol. The summed E-state index contributed by atoms with van der Waals surface area (Å²) in [5, 5.41) is 2.89. The van der Waals surface area contributed by atoms with E-state index in [1.807, 2.05) is 19.9 Å². The van der Waals surface area contributed by atoms with E-state index >= 15 is 0 Å². The quantitative estimate of drug-likeness (QED) is 0.872. The Labute approximate surface area is 147 Å². The van der Waals surface area contributed by atoms with E-state index in [1.54, 1.807) is 24.8 Å². The number of anilines is 2. The van der Waals surface area contributed by atoms with Crippen molar-refractivity contribution in [2.75, 3.05) is 36.0 Å². The number of hydrogen-bond donors (Lipinski definition) is 1. The minimum Gasteiger partial charge on any atom is -0.352 e. The van der Waals surface area contributed by atoms with E-state index in [0.717, 1.165) is 44.4 Å². The van der Waals surface area contributed by atoms with Gasteiger partial charge in [-0.05, 0) is 19.4 Å². The molecule has 3 heterocycles. The maximum Gasteiger partial charge on any atom is 0.271 e. The van der Waals surface area contributed by atoms with Gasteiger partial charge in [-0.1, -0.05) is 6.92 Å². The van der Waals surface area contributed by atoms with Crippen molar-refractivity contribution < 1.29 is 4.79 Å². The van der Waals surface area contributed by atoms with Gasteiger partial charge in [0.2, 0.25) is 5.95 Å². The van der Waals surface area contributed by atoms with Crippen molar-refractivity contribution in [3.8, 4) is 0 Å². The van der Waals surface area contributed by atoms with Gasteiger partial charge in [0.05, 0.1) is 12.4 Å². The number of aromatic nitrogens is 4. The number of nitrogens with one attached hydrogen (secondary N) is 1. The van der Waals surface area contributed by atoms with Gasteiger partial charge in [-0.15, -0.1) is 0 Å². The maximum atomic E-state index is 12.1. The van der Waals surface area contributed by atoms with Crippen LogP contribution in [-0.2, 0) is 0 Å². The lowest BCUT2D eigenvalue weighted by molar-refractivity contribution is 0.0934. The lowest BCUT2D eigenvalue weighted by Gasteiger charge is -2.35. The van der Waals surface area contributed by atoms with E-state index in [9.17, 15) is 4.79 Å². The Balaban J connectivity index is 1.58. The highest BCUT2D eigenvalue weighted by Crippen LogP contribution is 2.15. The van der Waals surface area contributed by atoms with Crippen molar-refractivity contribution in [3.63, 3.8) is 0 Å². The molecule has 0 spiro atoms. The minimum atomic E-state index is -0.181. The first-order chi connectivity index (χ1) is 12.2. The van der Waals surface area contributed by atoms with Gasteiger partial charge < -0.3 is 15.1 Å².